The van der Waals surface area contributed by atoms with Crippen LogP contribution in [-0.2, 0) is 12.0 Å². The maximum atomic E-state index is 14.2. The minimum Gasteiger partial charge on any atom is -0.337 e. The van der Waals surface area contributed by atoms with Crippen molar-refractivity contribution in [3.63, 3.8) is 0 Å². The smallest absolute Gasteiger partial charge is 0.145 e. The Labute approximate surface area is 124 Å². The molecule has 2 aromatic rings. The average Bonchev–Trinajstić information content (AvgIpc) is 2.80. The van der Waals surface area contributed by atoms with E-state index >= 15 is 0 Å². The van der Waals surface area contributed by atoms with E-state index in [1.807, 2.05) is 37.6 Å². The fourth-order valence-corrected chi connectivity index (χ4v) is 2.39. The van der Waals surface area contributed by atoms with Gasteiger partial charge < -0.3 is 4.57 Å². The Morgan fingerprint density at radius 1 is 1.30 bits per heavy atom. The fraction of sp³-hybridized carbons (Fsp3) is 0.438. The lowest BCUT2D eigenvalue weighted by atomic mass is 9.85. The number of hydrogen-bond acceptors (Lipinski definition) is 1. The van der Waals surface area contributed by atoms with E-state index in [0.29, 0.717) is 5.56 Å². The van der Waals surface area contributed by atoms with E-state index in [2.05, 4.69) is 11.9 Å². The van der Waals surface area contributed by atoms with Gasteiger partial charge >= 0.3 is 0 Å². The molecule has 0 spiro atoms. The zero-order chi connectivity index (χ0) is 14.9. The molecular weight excluding hydrogens is 275 g/mol. The Bertz CT molecular complexity index is 611. The predicted molar refractivity (Wildman–Crippen MR) is 81.6 cm³/mol. The van der Waals surface area contributed by atoms with Gasteiger partial charge in [-0.2, -0.15) is 0 Å². The van der Waals surface area contributed by atoms with Gasteiger partial charge in [0.05, 0.1) is 17.0 Å². The topological polar surface area (TPSA) is 17.8 Å². The quantitative estimate of drug-likeness (QED) is 0.774. The first-order valence-corrected chi connectivity index (χ1v) is 7.22. The van der Waals surface area contributed by atoms with Gasteiger partial charge in [-0.15, -0.1) is 0 Å². The summed E-state index contributed by atoms with van der Waals surface area (Å²) in [5, 5.41) is 0.150. The molecule has 0 aliphatic rings. The molecule has 0 aliphatic heterocycles. The SMILES string of the molecule is CCCn1cnc(-c2cc(Cl)c(F)c(C(C)(C)C)c2)c1. The summed E-state index contributed by atoms with van der Waals surface area (Å²) in [6, 6.07) is 3.49. The van der Waals surface area contributed by atoms with E-state index in [1.165, 1.54) is 0 Å². The first kappa shape index (κ1) is 15.0. The Hall–Kier alpha value is -1.35. The number of benzene rings is 1. The third kappa shape index (κ3) is 3.04. The highest BCUT2D eigenvalue weighted by molar-refractivity contribution is 6.31. The minimum absolute atomic E-state index is 0.150. The van der Waals surface area contributed by atoms with E-state index < -0.39 is 0 Å². The van der Waals surface area contributed by atoms with E-state index in [4.69, 9.17) is 11.6 Å². The largest absolute Gasteiger partial charge is 0.337 e. The molecule has 1 aromatic heterocycles. The molecule has 0 saturated heterocycles. The lowest BCUT2D eigenvalue weighted by molar-refractivity contribution is 0.523. The van der Waals surface area contributed by atoms with Crippen molar-refractivity contribution in [2.45, 2.75) is 46.1 Å². The molecule has 2 nitrogen and oxygen atoms in total. The molecule has 0 unspecified atom stereocenters. The summed E-state index contributed by atoms with van der Waals surface area (Å²) < 4.78 is 16.2. The number of aryl methyl sites for hydroxylation is 1. The molecule has 0 amide bonds. The molecule has 4 heteroatoms. The zero-order valence-corrected chi connectivity index (χ0v) is 13.1. The van der Waals surface area contributed by atoms with E-state index in [-0.39, 0.29) is 16.3 Å². The maximum absolute atomic E-state index is 14.2. The van der Waals surface area contributed by atoms with Crippen LogP contribution in [0.2, 0.25) is 5.02 Å². The summed E-state index contributed by atoms with van der Waals surface area (Å²) in [5.74, 6) is -0.337. The van der Waals surface area contributed by atoms with Crippen LogP contribution >= 0.6 is 11.6 Å². The van der Waals surface area contributed by atoms with Gasteiger partial charge in [0.15, 0.2) is 0 Å². The van der Waals surface area contributed by atoms with Crippen molar-refractivity contribution in [2.75, 3.05) is 0 Å². The van der Waals surface area contributed by atoms with E-state index in [0.717, 1.165) is 24.2 Å². The first-order valence-electron chi connectivity index (χ1n) is 6.84. The van der Waals surface area contributed by atoms with E-state index in [1.54, 1.807) is 12.4 Å². The monoisotopic (exact) mass is 294 g/mol. The van der Waals surface area contributed by atoms with Crippen LogP contribution in [0, 0.1) is 5.82 Å². The van der Waals surface area contributed by atoms with Crippen LogP contribution in [-0.4, -0.2) is 9.55 Å². The summed E-state index contributed by atoms with van der Waals surface area (Å²) in [6.07, 6.45) is 4.82. The molecule has 20 heavy (non-hydrogen) atoms. The van der Waals surface area contributed by atoms with Crippen LogP contribution in [0.3, 0.4) is 0 Å². The molecule has 1 heterocycles. The molecule has 0 radical (unpaired) electrons. The highest BCUT2D eigenvalue weighted by Crippen LogP contribution is 2.33. The van der Waals surface area contributed by atoms with Crippen LogP contribution in [0.25, 0.3) is 11.3 Å². The number of aromatic nitrogens is 2. The maximum Gasteiger partial charge on any atom is 0.145 e. The highest BCUT2D eigenvalue weighted by Gasteiger charge is 2.22. The second kappa shape index (κ2) is 5.57. The van der Waals surface area contributed by atoms with Crippen LogP contribution in [0.15, 0.2) is 24.7 Å². The number of halogens is 2. The fourth-order valence-electron chi connectivity index (χ4n) is 2.17. The van der Waals surface area contributed by atoms with Crippen molar-refractivity contribution < 1.29 is 4.39 Å². The summed E-state index contributed by atoms with van der Waals surface area (Å²) in [5.41, 5.74) is 2.00. The van der Waals surface area contributed by atoms with Crippen molar-refractivity contribution >= 4 is 11.6 Å². The van der Waals surface area contributed by atoms with E-state index in [9.17, 15) is 4.39 Å². The van der Waals surface area contributed by atoms with Gasteiger partial charge in [0, 0.05) is 18.3 Å². The van der Waals surface area contributed by atoms with Crippen molar-refractivity contribution in [1.82, 2.24) is 9.55 Å². The second-order valence-electron chi connectivity index (χ2n) is 6.07. The molecule has 108 valence electrons. The van der Waals surface area contributed by atoms with Gasteiger partial charge in [0.1, 0.15) is 5.82 Å². The molecule has 1 aromatic carbocycles. The van der Waals surface area contributed by atoms with Gasteiger partial charge in [-0.1, -0.05) is 39.3 Å². The molecule has 2 rings (SSSR count). The lowest BCUT2D eigenvalue weighted by Gasteiger charge is -2.21. The summed E-state index contributed by atoms with van der Waals surface area (Å²) >= 11 is 6.03. The number of nitrogens with zero attached hydrogens (tertiary/aromatic N) is 2. The zero-order valence-electron chi connectivity index (χ0n) is 12.4. The third-order valence-electron chi connectivity index (χ3n) is 3.25. The second-order valence-corrected chi connectivity index (χ2v) is 6.47. The Morgan fingerprint density at radius 3 is 2.60 bits per heavy atom. The Kier molecular flexibility index (Phi) is 4.19. The summed E-state index contributed by atoms with van der Waals surface area (Å²) in [7, 11) is 0. The normalized spacial score (nSPS) is 11.9. The number of hydrogen-bond donors (Lipinski definition) is 0. The summed E-state index contributed by atoms with van der Waals surface area (Å²) in [4.78, 5) is 4.38. The predicted octanol–water partition coefficient (Wildman–Crippen LogP) is 5.05. The average molecular weight is 295 g/mol. The van der Waals surface area contributed by atoms with Crippen LogP contribution in [0.4, 0.5) is 4.39 Å². The highest BCUT2D eigenvalue weighted by atomic mass is 35.5. The standard InChI is InChI=1S/C16H20ClFN2/c1-5-6-20-9-14(19-10-20)11-7-12(16(2,3)4)15(18)13(17)8-11/h7-10H,5-6H2,1-4H3. The number of rotatable bonds is 3. The minimum atomic E-state index is -0.337. The molecular formula is C16H20ClFN2. The molecule has 0 atom stereocenters. The van der Waals surface area contributed by atoms with Gasteiger partial charge in [0.2, 0.25) is 0 Å². The van der Waals surface area contributed by atoms with Crippen molar-refractivity contribution in [1.29, 1.82) is 0 Å². The van der Waals surface area contributed by atoms with Crippen LogP contribution < -0.4 is 0 Å². The van der Waals surface area contributed by atoms with Crippen molar-refractivity contribution in [2.24, 2.45) is 0 Å². The third-order valence-corrected chi connectivity index (χ3v) is 3.52. The summed E-state index contributed by atoms with van der Waals surface area (Å²) in [6.45, 7) is 8.96. The molecule has 0 aliphatic carbocycles. The molecule has 0 fully saturated rings. The van der Waals surface area contributed by atoms with Gasteiger partial charge in [-0.25, -0.2) is 9.37 Å². The van der Waals surface area contributed by atoms with Gasteiger partial charge in [-0.3, -0.25) is 0 Å². The van der Waals surface area contributed by atoms with Crippen LogP contribution in [0.5, 0.6) is 0 Å². The van der Waals surface area contributed by atoms with Gasteiger partial charge in [0.25, 0.3) is 0 Å². The Balaban J connectivity index is 2.49. The Morgan fingerprint density at radius 2 is 2.00 bits per heavy atom. The van der Waals surface area contributed by atoms with Crippen LogP contribution in [0.1, 0.15) is 39.7 Å². The molecule has 0 bridgehead atoms. The molecule has 0 N–H and O–H groups in total. The van der Waals surface area contributed by atoms with Crippen molar-refractivity contribution in [3.8, 4) is 11.3 Å². The van der Waals surface area contributed by atoms with Gasteiger partial charge in [-0.05, 0) is 29.5 Å². The first-order chi connectivity index (χ1) is 9.32. The lowest BCUT2D eigenvalue weighted by Crippen LogP contribution is -2.14. The molecule has 0 saturated carbocycles. The number of imidazole rings is 1. The van der Waals surface area contributed by atoms with Crippen molar-refractivity contribution in [3.05, 3.63) is 41.1 Å².